The fraction of sp³-hybridized carbons (Fsp3) is 0.385. The van der Waals surface area contributed by atoms with Crippen molar-refractivity contribution < 1.29 is 14.3 Å². The van der Waals surface area contributed by atoms with Crippen molar-refractivity contribution in [1.82, 2.24) is 0 Å². The normalized spacial score (nSPS) is 12.0. The summed E-state index contributed by atoms with van der Waals surface area (Å²) in [5.41, 5.74) is 2.01. The van der Waals surface area contributed by atoms with Gasteiger partial charge < -0.3 is 4.74 Å². The van der Waals surface area contributed by atoms with Gasteiger partial charge in [0.2, 0.25) is 0 Å². The zero-order valence-electron chi connectivity index (χ0n) is 10.1. The molecule has 17 heavy (non-hydrogen) atoms. The number of esters is 1. The Hall–Kier alpha value is -1.35. The second-order valence-electron chi connectivity index (χ2n) is 3.77. The van der Waals surface area contributed by atoms with E-state index in [4.69, 9.17) is 16.3 Å². The smallest absolute Gasteiger partial charge is 0.338 e. The Morgan fingerprint density at radius 3 is 2.53 bits per heavy atom. The summed E-state index contributed by atoms with van der Waals surface area (Å²) in [5.74, 6) is -0.477. The van der Waals surface area contributed by atoms with E-state index in [1.165, 1.54) is 6.92 Å². The van der Waals surface area contributed by atoms with Gasteiger partial charge in [-0.2, -0.15) is 0 Å². The first-order valence-corrected chi connectivity index (χ1v) is 5.83. The van der Waals surface area contributed by atoms with Crippen LogP contribution in [-0.4, -0.2) is 18.4 Å². The van der Waals surface area contributed by atoms with Crippen LogP contribution >= 0.6 is 11.6 Å². The standard InChI is InChI=1S/C13H15ClO3/c1-4-17-13(16)10-5-6-11(8(2)7-10)12(14)9(3)15/h5-7,12H,4H2,1-3H3. The van der Waals surface area contributed by atoms with Crippen LogP contribution in [0.2, 0.25) is 0 Å². The van der Waals surface area contributed by atoms with Crippen molar-refractivity contribution in [1.29, 1.82) is 0 Å². The van der Waals surface area contributed by atoms with Gasteiger partial charge in [0.25, 0.3) is 0 Å². The van der Waals surface area contributed by atoms with Crippen molar-refractivity contribution in [2.75, 3.05) is 6.61 Å². The number of hydrogen-bond acceptors (Lipinski definition) is 3. The summed E-state index contributed by atoms with van der Waals surface area (Å²) in [6.45, 7) is 5.35. The van der Waals surface area contributed by atoms with E-state index >= 15 is 0 Å². The number of benzene rings is 1. The summed E-state index contributed by atoms with van der Waals surface area (Å²) in [6.07, 6.45) is 0. The van der Waals surface area contributed by atoms with E-state index in [1.54, 1.807) is 25.1 Å². The van der Waals surface area contributed by atoms with Gasteiger partial charge in [-0.15, -0.1) is 11.6 Å². The Morgan fingerprint density at radius 1 is 1.41 bits per heavy atom. The monoisotopic (exact) mass is 254 g/mol. The summed E-state index contributed by atoms with van der Waals surface area (Å²) in [4.78, 5) is 22.7. The summed E-state index contributed by atoms with van der Waals surface area (Å²) in [7, 11) is 0. The number of Topliss-reactive ketones (excluding diaryl/α,β-unsaturated/α-hetero) is 1. The van der Waals surface area contributed by atoms with Crippen LogP contribution in [-0.2, 0) is 9.53 Å². The summed E-state index contributed by atoms with van der Waals surface area (Å²) >= 11 is 5.97. The average molecular weight is 255 g/mol. The van der Waals surface area contributed by atoms with Crippen molar-refractivity contribution in [3.63, 3.8) is 0 Å². The van der Waals surface area contributed by atoms with Crippen molar-refractivity contribution in [2.24, 2.45) is 0 Å². The van der Waals surface area contributed by atoms with Gasteiger partial charge in [0.15, 0.2) is 5.78 Å². The predicted molar refractivity (Wildman–Crippen MR) is 66.4 cm³/mol. The number of halogens is 1. The topological polar surface area (TPSA) is 43.4 Å². The highest BCUT2D eigenvalue weighted by Gasteiger charge is 2.17. The molecule has 0 heterocycles. The highest BCUT2D eigenvalue weighted by Crippen LogP contribution is 2.25. The number of carbonyl (C=O) groups excluding carboxylic acids is 2. The Labute approximate surface area is 106 Å². The molecule has 4 heteroatoms. The molecule has 1 rings (SSSR count). The number of aryl methyl sites for hydroxylation is 1. The molecule has 0 fully saturated rings. The Bertz CT molecular complexity index is 440. The molecule has 0 spiro atoms. The molecule has 0 saturated heterocycles. The maximum absolute atomic E-state index is 11.5. The summed E-state index contributed by atoms with van der Waals surface area (Å²) in [5, 5.41) is -0.661. The van der Waals surface area contributed by atoms with Gasteiger partial charge in [0.05, 0.1) is 12.2 Å². The zero-order chi connectivity index (χ0) is 13.0. The molecule has 0 N–H and O–H groups in total. The second kappa shape index (κ2) is 5.82. The first-order chi connectivity index (χ1) is 7.97. The van der Waals surface area contributed by atoms with Gasteiger partial charge in [-0.1, -0.05) is 6.07 Å². The molecule has 0 radical (unpaired) electrons. The lowest BCUT2D eigenvalue weighted by molar-refractivity contribution is -0.116. The molecule has 0 saturated carbocycles. The number of carbonyl (C=O) groups is 2. The molecule has 1 aromatic carbocycles. The largest absolute Gasteiger partial charge is 0.462 e. The van der Waals surface area contributed by atoms with E-state index in [1.807, 2.05) is 6.92 Å². The molecule has 0 bridgehead atoms. The van der Waals surface area contributed by atoms with Crippen LogP contribution in [0.4, 0.5) is 0 Å². The van der Waals surface area contributed by atoms with Crippen LogP contribution in [0.15, 0.2) is 18.2 Å². The molecule has 0 aromatic heterocycles. The van der Waals surface area contributed by atoms with Gasteiger partial charge in [0.1, 0.15) is 5.38 Å². The van der Waals surface area contributed by atoms with Crippen molar-refractivity contribution >= 4 is 23.4 Å². The van der Waals surface area contributed by atoms with Crippen molar-refractivity contribution in [2.45, 2.75) is 26.1 Å². The van der Waals surface area contributed by atoms with Gasteiger partial charge in [-0.3, -0.25) is 4.79 Å². The third kappa shape index (κ3) is 3.30. The number of ether oxygens (including phenoxy) is 1. The van der Waals surface area contributed by atoms with E-state index < -0.39 is 5.38 Å². The average Bonchev–Trinajstić information content (AvgIpc) is 2.28. The third-order valence-corrected chi connectivity index (χ3v) is 2.95. The Kier molecular flexibility index (Phi) is 4.70. The SMILES string of the molecule is CCOC(=O)c1ccc(C(Cl)C(C)=O)c(C)c1. The molecule has 1 atom stereocenters. The van der Waals surface area contributed by atoms with Gasteiger partial charge >= 0.3 is 5.97 Å². The summed E-state index contributed by atoms with van der Waals surface area (Å²) < 4.78 is 4.89. The predicted octanol–water partition coefficient (Wildman–Crippen LogP) is 3.04. The number of alkyl halides is 1. The highest BCUT2D eigenvalue weighted by atomic mass is 35.5. The second-order valence-corrected chi connectivity index (χ2v) is 4.20. The lowest BCUT2D eigenvalue weighted by Crippen LogP contribution is -2.08. The lowest BCUT2D eigenvalue weighted by atomic mass is 10.0. The van der Waals surface area contributed by atoms with E-state index in [0.717, 1.165) is 11.1 Å². The molecule has 0 aliphatic carbocycles. The van der Waals surface area contributed by atoms with Gasteiger partial charge in [-0.05, 0) is 44.0 Å². The number of rotatable bonds is 4. The molecule has 0 aliphatic rings. The molecule has 0 amide bonds. The molecule has 1 aromatic rings. The molecule has 3 nitrogen and oxygen atoms in total. The number of ketones is 1. The Morgan fingerprint density at radius 2 is 2.06 bits per heavy atom. The van der Waals surface area contributed by atoms with Crippen LogP contribution < -0.4 is 0 Å². The first-order valence-electron chi connectivity index (χ1n) is 5.39. The quantitative estimate of drug-likeness (QED) is 0.613. The number of hydrogen-bond donors (Lipinski definition) is 0. The maximum atomic E-state index is 11.5. The molecule has 92 valence electrons. The van der Waals surface area contributed by atoms with Gasteiger partial charge in [0, 0.05) is 0 Å². The van der Waals surface area contributed by atoms with Crippen LogP contribution in [0.5, 0.6) is 0 Å². The molecular weight excluding hydrogens is 240 g/mol. The molecule has 1 unspecified atom stereocenters. The Balaban J connectivity index is 3.01. The lowest BCUT2D eigenvalue weighted by Gasteiger charge is -2.11. The minimum atomic E-state index is -0.661. The highest BCUT2D eigenvalue weighted by molar-refractivity contribution is 6.30. The third-order valence-electron chi connectivity index (χ3n) is 2.41. The van der Waals surface area contributed by atoms with Crippen LogP contribution in [0.3, 0.4) is 0 Å². The van der Waals surface area contributed by atoms with Crippen molar-refractivity contribution in [3.05, 3.63) is 34.9 Å². The van der Waals surface area contributed by atoms with E-state index in [2.05, 4.69) is 0 Å². The minimum absolute atomic E-state index is 0.112. The first kappa shape index (κ1) is 13.7. The minimum Gasteiger partial charge on any atom is -0.462 e. The van der Waals surface area contributed by atoms with Crippen LogP contribution in [0, 0.1) is 6.92 Å². The van der Waals surface area contributed by atoms with Gasteiger partial charge in [-0.25, -0.2) is 4.79 Å². The maximum Gasteiger partial charge on any atom is 0.338 e. The fourth-order valence-electron chi connectivity index (χ4n) is 1.52. The van der Waals surface area contributed by atoms with Crippen LogP contribution in [0.25, 0.3) is 0 Å². The van der Waals surface area contributed by atoms with E-state index in [-0.39, 0.29) is 11.8 Å². The van der Waals surface area contributed by atoms with E-state index in [9.17, 15) is 9.59 Å². The molecule has 0 aliphatic heterocycles. The zero-order valence-corrected chi connectivity index (χ0v) is 10.9. The summed E-state index contributed by atoms with van der Waals surface area (Å²) in [6, 6.07) is 5.00. The molecular formula is C13H15ClO3. The van der Waals surface area contributed by atoms with Crippen LogP contribution in [0.1, 0.15) is 40.7 Å². The van der Waals surface area contributed by atoms with Crippen molar-refractivity contribution in [3.8, 4) is 0 Å². The fourth-order valence-corrected chi connectivity index (χ4v) is 1.77. The van der Waals surface area contributed by atoms with E-state index in [0.29, 0.717) is 12.2 Å².